The van der Waals surface area contributed by atoms with Crippen LogP contribution in [0.3, 0.4) is 0 Å². The first-order valence-electron chi connectivity index (χ1n) is 4.62. The highest BCUT2D eigenvalue weighted by atomic mass is 16.2. The van der Waals surface area contributed by atoms with Gasteiger partial charge in [-0.1, -0.05) is 13.8 Å². The molecule has 0 fully saturated rings. The average molecular weight is 172 g/mol. The fourth-order valence-electron chi connectivity index (χ4n) is 0.956. The van der Waals surface area contributed by atoms with E-state index in [9.17, 15) is 4.79 Å². The van der Waals surface area contributed by atoms with Crippen molar-refractivity contribution < 1.29 is 4.79 Å². The molecule has 1 atom stereocenters. The third-order valence-electron chi connectivity index (χ3n) is 1.97. The normalized spacial score (nSPS) is 12.7. The Morgan fingerprint density at radius 2 is 2.08 bits per heavy atom. The largest absolute Gasteiger partial charge is 0.331 e. The maximum Gasteiger partial charge on any atom is 0.223 e. The summed E-state index contributed by atoms with van der Waals surface area (Å²) in [6.07, 6.45) is 1.82. The Bertz CT molecular complexity index is 136. The van der Waals surface area contributed by atoms with Gasteiger partial charge in [0, 0.05) is 13.5 Å². The molecule has 0 heterocycles. The summed E-state index contributed by atoms with van der Waals surface area (Å²) in [5.74, 6) is 0.186. The molecule has 0 radical (unpaired) electrons. The highest BCUT2D eigenvalue weighted by molar-refractivity contribution is 5.75. The van der Waals surface area contributed by atoms with E-state index in [1.165, 1.54) is 0 Å². The van der Waals surface area contributed by atoms with Gasteiger partial charge in [0.1, 0.15) is 0 Å². The molecule has 0 rings (SSSR count). The number of hydrogen-bond acceptors (Lipinski definition) is 2. The lowest BCUT2D eigenvalue weighted by molar-refractivity contribution is -0.131. The molecule has 0 saturated carbocycles. The number of carbonyl (C=O) groups excluding carboxylic acids is 1. The summed E-state index contributed by atoms with van der Waals surface area (Å²) < 4.78 is 0. The van der Waals surface area contributed by atoms with Crippen LogP contribution in [0.4, 0.5) is 0 Å². The summed E-state index contributed by atoms with van der Waals surface area (Å²) in [5.41, 5.74) is 0. The zero-order valence-electron chi connectivity index (χ0n) is 8.55. The van der Waals surface area contributed by atoms with E-state index < -0.39 is 0 Å². The lowest BCUT2D eigenvalue weighted by atomic mass is 10.3. The third-order valence-corrected chi connectivity index (χ3v) is 1.97. The highest BCUT2D eigenvalue weighted by Gasteiger charge is 2.11. The Morgan fingerprint density at radius 1 is 1.50 bits per heavy atom. The van der Waals surface area contributed by atoms with E-state index in [4.69, 9.17) is 0 Å². The molecule has 0 aromatic rings. The number of nitrogens with zero attached hydrogens (tertiary/aromatic N) is 1. The standard InChI is InChI=1S/C9H20N2O/c1-5-7-10-8(3)11(4)9(12)6-2/h8,10H,5-7H2,1-4H3. The van der Waals surface area contributed by atoms with Crippen LogP contribution in [-0.2, 0) is 4.79 Å². The van der Waals surface area contributed by atoms with Crippen molar-refractivity contribution in [2.24, 2.45) is 0 Å². The van der Waals surface area contributed by atoms with Gasteiger partial charge in [0.25, 0.3) is 0 Å². The molecule has 1 amide bonds. The molecule has 0 aliphatic carbocycles. The predicted molar refractivity (Wildman–Crippen MR) is 50.8 cm³/mol. The van der Waals surface area contributed by atoms with Crippen molar-refractivity contribution in [1.29, 1.82) is 0 Å². The van der Waals surface area contributed by atoms with Crippen LogP contribution < -0.4 is 5.32 Å². The summed E-state index contributed by atoms with van der Waals surface area (Å²) in [5, 5.41) is 3.25. The van der Waals surface area contributed by atoms with Gasteiger partial charge in [-0.3, -0.25) is 10.1 Å². The smallest absolute Gasteiger partial charge is 0.223 e. The fourth-order valence-corrected chi connectivity index (χ4v) is 0.956. The molecular weight excluding hydrogens is 152 g/mol. The zero-order chi connectivity index (χ0) is 9.56. The number of amides is 1. The van der Waals surface area contributed by atoms with Crippen LogP contribution in [0.2, 0.25) is 0 Å². The fraction of sp³-hybridized carbons (Fsp3) is 0.889. The molecule has 0 saturated heterocycles. The van der Waals surface area contributed by atoms with E-state index in [0.717, 1.165) is 13.0 Å². The minimum Gasteiger partial charge on any atom is -0.331 e. The van der Waals surface area contributed by atoms with Gasteiger partial charge in [-0.15, -0.1) is 0 Å². The van der Waals surface area contributed by atoms with Gasteiger partial charge >= 0.3 is 0 Å². The molecule has 1 unspecified atom stereocenters. The summed E-state index contributed by atoms with van der Waals surface area (Å²) in [4.78, 5) is 12.9. The first kappa shape index (κ1) is 11.4. The Kier molecular flexibility index (Phi) is 5.72. The van der Waals surface area contributed by atoms with Gasteiger partial charge in [-0.25, -0.2) is 0 Å². The molecule has 0 spiro atoms. The molecule has 3 heteroatoms. The maximum atomic E-state index is 11.2. The van der Waals surface area contributed by atoms with E-state index >= 15 is 0 Å². The van der Waals surface area contributed by atoms with E-state index in [-0.39, 0.29) is 12.1 Å². The van der Waals surface area contributed by atoms with Crippen LogP contribution in [-0.4, -0.2) is 30.6 Å². The third kappa shape index (κ3) is 3.72. The topological polar surface area (TPSA) is 32.3 Å². The Hall–Kier alpha value is -0.570. The lowest BCUT2D eigenvalue weighted by Gasteiger charge is -2.25. The van der Waals surface area contributed by atoms with Crippen LogP contribution in [0.25, 0.3) is 0 Å². The molecule has 12 heavy (non-hydrogen) atoms. The zero-order valence-corrected chi connectivity index (χ0v) is 8.55. The van der Waals surface area contributed by atoms with Gasteiger partial charge in [0.15, 0.2) is 0 Å². The van der Waals surface area contributed by atoms with Crippen molar-refractivity contribution in [1.82, 2.24) is 10.2 Å². The second-order valence-corrected chi connectivity index (χ2v) is 2.99. The second-order valence-electron chi connectivity index (χ2n) is 2.99. The number of carbonyl (C=O) groups is 1. The summed E-state index contributed by atoms with van der Waals surface area (Å²) in [7, 11) is 1.83. The van der Waals surface area contributed by atoms with Crippen LogP contribution in [0.5, 0.6) is 0 Å². The van der Waals surface area contributed by atoms with Crippen LogP contribution in [0.15, 0.2) is 0 Å². The maximum absolute atomic E-state index is 11.2. The SMILES string of the molecule is CCCNC(C)N(C)C(=O)CC. The van der Waals surface area contributed by atoms with Crippen molar-refractivity contribution in [3.63, 3.8) is 0 Å². The monoisotopic (exact) mass is 172 g/mol. The number of hydrogen-bond donors (Lipinski definition) is 1. The van der Waals surface area contributed by atoms with Crippen molar-refractivity contribution in [2.45, 2.75) is 39.8 Å². The molecule has 0 aliphatic heterocycles. The van der Waals surface area contributed by atoms with Crippen LogP contribution >= 0.6 is 0 Å². The molecule has 1 N–H and O–H groups in total. The highest BCUT2D eigenvalue weighted by Crippen LogP contribution is 1.95. The average Bonchev–Trinajstić information content (AvgIpc) is 2.11. The van der Waals surface area contributed by atoms with Gasteiger partial charge in [0.2, 0.25) is 5.91 Å². The van der Waals surface area contributed by atoms with Crippen molar-refractivity contribution in [3.8, 4) is 0 Å². The van der Waals surface area contributed by atoms with Gasteiger partial charge in [-0.05, 0) is 19.9 Å². The van der Waals surface area contributed by atoms with E-state index in [2.05, 4.69) is 12.2 Å². The molecule has 3 nitrogen and oxygen atoms in total. The Morgan fingerprint density at radius 3 is 2.50 bits per heavy atom. The summed E-state index contributed by atoms with van der Waals surface area (Å²) in [6.45, 7) is 6.96. The minimum atomic E-state index is 0.150. The molecule has 72 valence electrons. The predicted octanol–water partition coefficient (Wildman–Crippen LogP) is 1.20. The number of rotatable bonds is 5. The quantitative estimate of drug-likeness (QED) is 0.632. The van der Waals surface area contributed by atoms with Crippen LogP contribution in [0, 0.1) is 0 Å². The summed E-state index contributed by atoms with van der Waals surface area (Å²) in [6, 6.07) is 0. The second kappa shape index (κ2) is 6.00. The first-order chi connectivity index (χ1) is 5.63. The van der Waals surface area contributed by atoms with Gasteiger partial charge < -0.3 is 4.90 Å². The van der Waals surface area contributed by atoms with Gasteiger partial charge in [-0.2, -0.15) is 0 Å². The molecule has 0 aromatic carbocycles. The Balaban J connectivity index is 3.75. The molecule has 0 bridgehead atoms. The van der Waals surface area contributed by atoms with Crippen LogP contribution in [0.1, 0.15) is 33.6 Å². The molecular formula is C9H20N2O. The summed E-state index contributed by atoms with van der Waals surface area (Å²) >= 11 is 0. The molecule has 0 aliphatic rings. The number of nitrogens with one attached hydrogen (secondary N) is 1. The Labute approximate surface area is 75.1 Å². The first-order valence-corrected chi connectivity index (χ1v) is 4.62. The minimum absolute atomic E-state index is 0.150. The van der Waals surface area contributed by atoms with E-state index in [1.54, 1.807) is 4.90 Å². The lowest BCUT2D eigenvalue weighted by Crippen LogP contribution is -2.44. The molecule has 0 aromatic heterocycles. The van der Waals surface area contributed by atoms with Crippen molar-refractivity contribution >= 4 is 5.91 Å². The van der Waals surface area contributed by atoms with E-state index in [0.29, 0.717) is 6.42 Å². The van der Waals surface area contributed by atoms with E-state index in [1.807, 2.05) is 20.9 Å². The van der Waals surface area contributed by atoms with Crippen molar-refractivity contribution in [2.75, 3.05) is 13.6 Å². The van der Waals surface area contributed by atoms with Crippen molar-refractivity contribution in [3.05, 3.63) is 0 Å². The van der Waals surface area contributed by atoms with Gasteiger partial charge in [0.05, 0.1) is 6.17 Å².